The first-order chi connectivity index (χ1) is 7.53. The van der Waals surface area contributed by atoms with Crippen molar-refractivity contribution in [1.29, 1.82) is 0 Å². The van der Waals surface area contributed by atoms with E-state index >= 15 is 0 Å². The number of benzene rings is 1. The zero-order chi connectivity index (χ0) is 13.4. The summed E-state index contributed by atoms with van der Waals surface area (Å²) in [7, 11) is -2.98. The van der Waals surface area contributed by atoms with E-state index in [0.29, 0.717) is 0 Å². The number of halogens is 2. The predicted octanol–water partition coefficient (Wildman–Crippen LogP) is 4.96. The van der Waals surface area contributed by atoms with Crippen LogP contribution in [-0.4, -0.2) is 16.5 Å². The first-order valence-electron chi connectivity index (χ1n) is 5.79. The molecule has 0 atom stereocenters. The molecule has 1 rings (SSSR count). The highest BCUT2D eigenvalue weighted by Crippen LogP contribution is 2.31. The molecule has 0 aliphatic rings. The quantitative estimate of drug-likeness (QED) is 0.711. The zero-order valence-corrected chi connectivity index (χ0v) is 14.2. The Balaban J connectivity index is 3.29. The van der Waals surface area contributed by atoms with E-state index in [2.05, 4.69) is 43.5 Å². The molecule has 5 heteroatoms. The van der Waals surface area contributed by atoms with Gasteiger partial charge in [-0.1, -0.05) is 50.9 Å². The van der Waals surface area contributed by atoms with Gasteiger partial charge in [-0.2, -0.15) is 0 Å². The summed E-state index contributed by atoms with van der Waals surface area (Å²) in [6.45, 7) is 13.8. The van der Waals surface area contributed by atoms with Crippen molar-refractivity contribution >= 4 is 33.8 Å². The van der Waals surface area contributed by atoms with Gasteiger partial charge in [0.2, 0.25) is 0 Å². The standard InChI is InChI=1S/C12H21ClFNSi2/c1-16(2,3)15(17(4,5)6)10-7-8-12(14)11(13)9-10/h7-9H,1-6H3. The van der Waals surface area contributed by atoms with Gasteiger partial charge in [0, 0.05) is 5.69 Å². The fourth-order valence-corrected chi connectivity index (χ4v) is 12.5. The van der Waals surface area contributed by atoms with Crippen LogP contribution in [0.15, 0.2) is 18.2 Å². The van der Waals surface area contributed by atoms with Crippen LogP contribution >= 0.6 is 11.6 Å². The van der Waals surface area contributed by atoms with Crippen molar-refractivity contribution < 1.29 is 4.39 Å². The van der Waals surface area contributed by atoms with Crippen LogP contribution in [0.5, 0.6) is 0 Å². The molecule has 0 bridgehead atoms. The molecule has 0 amide bonds. The van der Waals surface area contributed by atoms with Gasteiger partial charge in [-0.15, -0.1) is 0 Å². The van der Waals surface area contributed by atoms with Crippen LogP contribution in [0.3, 0.4) is 0 Å². The minimum atomic E-state index is -1.49. The monoisotopic (exact) mass is 289 g/mol. The van der Waals surface area contributed by atoms with Crippen molar-refractivity contribution in [3.63, 3.8) is 0 Å². The predicted molar refractivity (Wildman–Crippen MR) is 80.6 cm³/mol. The van der Waals surface area contributed by atoms with Crippen molar-refractivity contribution in [3.8, 4) is 0 Å². The van der Waals surface area contributed by atoms with E-state index in [4.69, 9.17) is 11.6 Å². The Labute approximate surface area is 111 Å². The Morgan fingerprint density at radius 2 is 1.47 bits per heavy atom. The molecule has 0 aromatic heterocycles. The average molecular weight is 290 g/mol. The lowest BCUT2D eigenvalue weighted by Crippen LogP contribution is -2.59. The molecule has 0 N–H and O–H groups in total. The van der Waals surface area contributed by atoms with Crippen LogP contribution in [0.25, 0.3) is 0 Å². The van der Waals surface area contributed by atoms with Crippen molar-refractivity contribution in [1.82, 2.24) is 0 Å². The third kappa shape index (κ3) is 3.56. The van der Waals surface area contributed by atoms with Crippen LogP contribution in [0.1, 0.15) is 0 Å². The molecule has 0 unspecified atom stereocenters. The highest BCUT2D eigenvalue weighted by atomic mass is 35.5. The second-order valence-electron chi connectivity index (χ2n) is 6.28. The Morgan fingerprint density at radius 3 is 1.82 bits per heavy atom. The van der Waals surface area contributed by atoms with E-state index in [9.17, 15) is 4.39 Å². The topological polar surface area (TPSA) is 3.24 Å². The van der Waals surface area contributed by atoms with E-state index in [0.717, 1.165) is 5.69 Å². The number of nitrogens with zero attached hydrogens (tertiary/aromatic N) is 1. The van der Waals surface area contributed by atoms with E-state index in [1.54, 1.807) is 6.07 Å². The maximum Gasteiger partial charge on any atom is 0.141 e. The summed E-state index contributed by atoms with van der Waals surface area (Å²) in [4.78, 5) is 0. The van der Waals surface area contributed by atoms with Crippen LogP contribution in [0, 0.1) is 5.82 Å². The Kier molecular flexibility index (Phi) is 4.11. The zero-order valence-electron chi connectivity index (χ0n) is 11.4. The molecule has 1 aromatic carbocycles. The molecule has 0 spiro atoms. The lowest BCUT2D eigenvalue weighted by Gasteiger charge is -2.46. The molecule has 96 valence electrons. The minimum absolute atomic E-state index is 0.212. The molecule has 1 nitrogen and oxygen atoms in total. The van der Waals surface area contributed by atoms with Gasteiger partial charge in [0.25, 0.3) is 0 Å². The molecule has 1 aromatic rings. The summed E-state index contributed by atoms with van der Waals surface area (Å²) in [6, 6.07) is 5.07. The van der Waals surface area contributed by atoms with Crippen molar-refractivity contribution in [2.24, 2.45) is 0 Å². The number of anilines is 1. The summed E-state index contributed by atoms with van der Waals surface area (Å²) in [6.07, 6.45) is 0. The highest BCUT2D eigenvalue weighted by Gasteiger charge is 2.34. The summed E-state index contributed by atoms with van der Waals surface area (Å²) in [5, 5.41) is 0.212. The molecule has 17 heavy (non-hydrogen) atoms. The van der Waals surface area contributed by atoms with Gasteiger partial charge in [-0.3, -0.25) is 0 Å². The highest BCUT2D eigenvalue weighted by molar-refractivity contribution is 6.99. The minimum Gasteiger partial charge on any atom is -0.425 e. The van der Waals surface area contributed by atoms with Crippen LogP contribution in [0.4, 0.5) is 10.1 Å². The average Bonchev–Trinajstić information content (AvgIpc) is 2.06. The largest absolute Gasteiger partial charge is 0.425 e. The smallest absolute Gasteiger partial charge is 0.141 e. The molecular weight excluding hydrogens is 269 g/mol. The normalized spacial score (nSPS) is 12.7. The van der Waals surface area contributed by atoms with Gasteiger partial charge in [-0.05, 0) is 18.2 Å². The Bertz CT molecular complexity index is 396. The number of hydrogen-bond acceptors (Lipinski definition) is 1. The van der Waals surface area contributed by atoms with Crippen molar-refractivity contribution in [3.05, 3.63) is 29.0 Å². The summed E-state index contributed by atoms with van der Waals surface area (Å²) in [5.74, 6) is -0.346. The fraction of sp³-hybridized carbons (Fsp3) is 0.500. The van der Waals surface area contributed by atoms with Gasteiger partial charge in [0.05, 0.1) is 5.02 Å². The van der Waals surface area contributed by atoms with E-state index in [1.165, 1.54) is 6.07 Å². The number of rotatable bonds is 3. The maximum absolute atomic E-state index is 13.2. The van der Waals surface area contributed by atoms with Crippen LogP contribution in [0.2, 0.25) is 44.3 Å². The van der Waals surface area contributed by atoms with Crippen LogP contribution in [-0.2, 0) is 0 Å². The van der Waals surface area contributed by atoms with Gasteiger partial charge in [0.1, 0.15) is 22.3 Å². The Morgan fingerprint density at radius 1 is 1.00 bits per heavy atom. The van der Waals surface area contributed by atoms with E-state index in [-0.39, 0.29) is 10.8 Å². The summed E-state index contributed by atoms with van der Waals surface area (Å²) >= 11 is 5.89. The molecular formula is C12H21ClFNSi2. The Hall–Kier alpha value is -0.326. The molecule has 0 saturated carbocycles. The van der Waals surface area contributed by atoms with Crippen molar-refractivity contribution in [2.75, 3.05) is 4.23 Å². The van der Waals surface area contributed by atoms with Gasteiger partial charge < -0.3 is 4.23 Å². The molecule has 0 heterocycles. The molecule has 0 radical (unpaired) electrons. The first-order valence-corrected chi connectivity index (χ1v) is 13.1. The van der Waals surface area contributed by atoms with Crippen LogP contribution < -0.4 is 4.23 Å². The lowest BCUT2D eigenvalue weighted by atomic mass is 10.3. The van der Waals surface area contributed by atoms with Gasteiger partial charge >= 0.3 is 0 Å². The fourth-order valence-electron chi connectivity index (χ4n) is 2.40. The molecule has 0 aliphatic heterocycles. The summed E-state index contributed by atoms with van der Waals surface area (Å²) < 4.78 is 15.7. The second-order valence-corrected chi connectivity index (χ2v) is 16.7. The van der Waals surface area contributed by atoms with Crippen molar-refractivity contribution in [2.45, 2.75) is 39.3 Å². The lowest BCUT2D eigenvalue weighted by molar-refractivity contribution is 0.628. The molecule has 0 saturated heterocycles. The van der Waals surface area contributed by atoms with E-state index in [1.807, 2.05) is 6.07 Å². The first kappa shape index (κ1) is 14.7. The van der Waals surface area contributed by atoms with Gasteiger partial charge in [-0.25, -0.2) is 4.39 Å². The van der Waals surface area contributed by atoms with E-state index < -0.39 is 16.5 Å². The van der Waals surface area contributed by atoms with Gasteiger partial charge in [0.15, 0.2) is 0 Å². The second kappa shape index (κ2) is 4.74. The third-order valence-electron chi connectivity index (χ3n) is 2.50. The SMILES string of the molecule is C[Si](C)(C)N(c1ccc(F)c(Cl)c1)[Si](C)(C)C. The maximum atomic E-state index is 13.2. The molecule has 0 fully saturated rings. The summed E-state index contributed by atoms with van der Waals surface area (Å²) in [5.41, 5.74) is 1.06. The molecule has 0 aliphatic carbocycles. The third-order valence-corrected chi connectivity index (χ3v) is 10.0. The number of hydrogen-bond donors (Lipinski definition) is 0.